The molecule has 5 rings (SSSR count). The molecule has 0 saturated carbocycles. The number of benzene rings is 1. The molecule has 1 amide bonds. The Morgan fingerprint density at radius 3 is 2.93 bits per heavy atom. The molecular formula is C21H20ClN3O2S. The number of rotatable bonds is 3. The second-order valence-corrected chi connectivity index (χ2v) is 9.13. The van der Waals surface area contributed by atoms with Crippen molar-refractivity contribution >= 4 is 34.5 Å². The molecule has 0 radical (unpaired) electrons. The van der Waals surface area contributed by atoms with E-state index in [-0.39, 0.29) is 11.8 Å². The van der Waals surface area contributed by atoms with E-state index in [0.29, 0.717) is 29.7 Å². The highest BCUT2D eigenvalue weighted by Crippen LogP contribution is 2.38. The van der Waals surface area contributed by atoms with E-state index in [9.17, 15) is 4.79 Å². The van der Waals surface area contributed by atoms with Crippen LogP contribution in [0.15, 0.2) is 28.8 Å². The lowest BCUT2D eigenvalue weighted by molar-refractivity contribution is -0.117. The van der Waals surface area contributed by atoms with Gasteiger partial charge in [0.1, 0.15) is 0 Å². The first kappa shape index (κ1) is 17.9. The van der Waals surface area contributed by atoms with Crippen LogP contribution in [0.5, 0.6) is 0 Å². The minimum absolute atomic E-state index is 0.0358. The van der Waals surface area contributed by atoms with Gasteiger partial charge in [-0.3, -0.25) is 4.79 Å². The van der Waals surface area contributed by atoms with Crippen molar-refractivity contribution in [3.05, 3.63) is 51.1 Å². The van der Waals surface area contributed by atoms with Crippen molar-refractivity contribution in [3.8, 4) is 10.8 Å². The van der Waals surface area contributed by atoms with Crippen LogP contribution in [0.25, 0.3) is 10.8 Å². The van der Waals surface area contributed by atoms with Gasteiger partial charge in [0.2, 0.25) is 5.91 Å². The van der Waals surface area contributed by atoms with Crippen molar-refractivity contribution in [2.24, 2.45) is 0 Å². The Kier molecular flexibility index (Phi) is 4.48. The second kappa shape index (κ2) is 7.01. The summed E-state index contributed by atoms with van der Waals surface area (Å²) in [4.78, 5) is 21.4. The maximum absolute atomic E-state index is 12.6. The van der Waals surface area contributed by atoms with E-state index in [2.05, 4.69) is 16.2 Å². The number of nitrogens with zero attached hydrogens (tertiary/aromatic N) is 3. The summed E-state index contributed by atoms with van der Waals surface area (Å²) in [6, 6.07) is 7.93. The molecule has 144 valence electrons. The number of carbonyl (C=O) groups excluding carboxylic acids is 1. The summed E-state index contributed by atoms with van der Waals surface area (Å²) in [7, 11) is 0. The van der Waals surface area contributed by atoms with Gasteiger partial charge in [-0.25, -0.2) is 0 Å². The summed E-state index contributed by atoms with van der Waals surface area (Å²) >= 11 is 8.11. The Balaban J connectivity index is 1.38. The van der Waals surface area contributed by atoms with Gasteiger partial charge in [-0.15, -0.1) is 11.3 Å². The lowest BCUT2D eigenvalue weighted by atomic mass is 9.99. The van der Waals surface area contributed by atoms with Crippen molar-refractivity contribution in [1.29, 1.82) is 0 Å². The smallest absolute Gasteiger partial charge is 0.268 e. The Morgan fingerprint density at radius 2 is 2.11 bits per heavy atom. The second-order valence-electron chi connectivity index (χ2n) is 7.58. The molecule has 7 heteroatoms. The van der Waals surface area contributed by atoms with Gasteiger partial charge in [0.05, 0.1) is 15.6 Å². The van der Waals surface area contributed by atoms with E-state index >= 15 is 0 Å². The zero-order valence-electron chi connectivity index (χ0n) is 15.6. The van der Waals surface area contributed by atoms with Crippen molar-refractivity contribution in [1.82, 2.24) is 10.1 Å². The predicted molar refractivity (Wildman–Crippen MR) is 110 cm³/mol. The van der Waals surface area contributed by atoms with Crippen LogP contribution in [-0.2, 0) is 17.6 Å². The number of aromatic nitrogens is 2. The number of halogens is 1. The van der Waals surface area contributed by atoms with E-state index in [1.165, 1.54) is 23.3 Å². The molecule has 1 aliphatic heterocycles. The van der Waals surface area contributed by atoms with Crippen LogP contribution in [0.2, 0.25) is 5.02 Å². The number of aryl methyl sites for hydroxylation is 3. The molecule has 28 heavy (non-hydrogen) atoms. The third-order valence-electron chi connectivity index (χ3n) is 5.53. The van der Waals surface area contributed by atoms with Gasteiger partial charge in [0.15, 0.2) is 5.82 Å². The molecule has 2 aromatic heterocycles. The van der Waals surface area contributed by atoms with E-state index in [0.717, 1.165) is 29.0 Å². The first-order valence-electron chi connectivity index (χ1n) is 9.60. The molecule has 1 unspecified atom stereocenters. The Bertz CT molecular complexity index is 1030. The maximum atomic E-state index is 12.6. The zero-order valence-corrected chi connectivity index (χ0v) is 17.1. The fourth-order valence-corrected chi connectivity index (χ4v) is 5.55. The summed E-state index contributed by atoms with van der Waals surface area (Å²) in [6.45, 7) is 2.50. The normalized spacial score (nSPS) is 19.3. The molecule has 1 aromatic carbocycles. The molecular weight excluding hydrogens is 394 g/mol. The van der Waals surface area contributed by atoms with Gasteiger partial charge in [-0.1, -0.05) is 22.8 Å². The summed E-state index contributed by atoms with van der Waals surface area (Å²) in [6.07, 6.45) is 5.15. The van der Waals surface area contributed by atoms with Crippen molar-refractivity contribution in [2.45, 2.75) is 44.9 Å². The molecule has 5 nitrogen and oxygen atoms in total. The number of hydrogen-bond donors (Lipinski definition) is 0. The van der Waals surface area contributed by atoms with Crippen LogP contribution in [0.1, 0.15) is 47.0 Å². The molecule has 1 aliphatic carbocycles. The topological polar surface area (TPSA) is 59.2 Å². The zero-order chi connectivity index (χ0) is 19.3. The highest BCUT2D eigenvalue weighted by atomic mass is 35.5. The number of thiophene rings is 1. The van der Waals surface area contributed by atoms with Gasteiger partial charge in [0.25, 0.3) is 5.89 Å². The average Bonchev–Trinajstić information content (AvgIpc) is 3.39. The van der Waals surface area contributed by atoms with E-state index in [1.807, 2.05) is 25.1 Å². The van der Waals surface area contributed by atoms with Crippen LogP contribution in [-0.4, -0.2) is 22.6 Å². The molecule has 0 bridgehead atoms. The molecule has 2 aliphatic rings. The summed E-state index contributed by atoms with van der Waals surface area (Å²) in [5.74, 6) is 1.11. The first-order valence-corrected chi connectivity index (χ1v) is 10.8. The molecule has 1 fully saturated rings. The number of amides is 1. The van der Waals surface area contributed by atoms with E-state index < -0.39 is 0 Å². The summed E-state index contributed by atoms with van der Waals surface area (Å²) in [5.41, 5.74) is 3.23. The van der Waals surface area contributed by atoms with Crippen LogP contribution >= 0.6 is 22.9 Å². The van der Waals surface area contributed by atoms with Gasteiger partial charge < -0.3 is 9.42 Å². The van der Waals surface area contributed by atoms with Crippen LogP contribution in [0, 0.1) is 6.92 Å². The van der Waals surface area contributed by atoms with Crippen molar-refractivity contribution in [3.63, 3.8) is 0 Å². The van der Waals surface area contributed by atoms with Crippen molar-refractivity contribution < 1.29 is 9.32 Å². The molecule has 0 N–H and O–H groups in total. The summed E-state index contributed by atoms with van der Waals surface area (Å²) in [5, 5.41) is 4.78. The molecule has 1 atom stereocenters. The number of anilines is 1. The minimum atomic E-state index is -0.0862. The molecule has 1 saturated heterocycles. The monoisotopic (exact) mass is 413 g/mol. The SMILES string of the molecule is Cc1ccc(N2CC(c3noc(-c4cc5c(s4)CCCC5)n3)CC2=O)c(Cl)c1. The number of hydrogen-bond acceptors (Lipinski definition) is 5. The molecule has 0 spiro atoms. The van der Waals surface area contributed by atoms with Crippen molar-refractivity contribution in [2.75, 3.05) is 11.4 Å². The Hall–Kier alpha value is -2.18. The molecule has 3 heterocycles. The number of carbonyl (C=O) groups is 1. The fourth-order valence-electron chi connectivity index (χ4n) is 4.04. The standard InChI is InChI=1S/C21H20ClN3O2S/c1-12-6-7-16(15(22)8-12)25-11-14(10-19(25)26)20-23-21(27-24-20)18-9-13-4-2-3-5-17(13)28-18/h6-9,14H,2-5,10-11H2,1H3. The highest BCUT2D eigenvalue weighted by molar-refractivity contribution is 7.15. The third-order valence-corrected chi connectivity index (χ3v) is 7.06. The largest absolute Gasteiger partial charge is 0.333 e. The van der Waals surface area contributed by atoms with Gasteiger partial charge in [-0.05, 0) is 61.9 Å². The number of fused-ring (bicyclic) bond motifs is 1. The quantitative estimate of drug-likeness (QED) is 0.595. The maximum Gasteiger partial charge on any atom is 0.268 e. The fraction of sp³-hybridized carbons (Fsp3) is 0.381. The predicted octanol–water partition coefficient (Wildman–Crippen LogP) is 5.16. The lowest BCUT2D eigenvalue weighted by Gasteiger charge is -2.18. The third kappa shape index (κ3) is 3.14. The van der Waals surface area contributed by atoms with Crippen LogP contribution in [0.3, 0.4) is 0 Å². The lowest BCUT2D eigenvalue weighted by Crippen LogP contribution is -2.24. The Morgan fingerprint density at radius 1 is 1.25 bits per heavy atom. The average molecular weight is 414 g/mol. The highest BCUT2D eigenvalue weighted by Gasteiger charge is 2.35. The van der Waals surface area contributed by atoms with Gasteiger partial charge in [-0.2, -0.15) is 4.98 Å². The first-order chi connectivity index (χ1) is 13.6. The van der Waals surface area contributed by atoms with Crippen LogP contribution in [0.4, 0.5) is 5.69 Å². The summed E-state index contributed by atoms with van der Waals surface area (Å²) < 4.78 is 5.55. The molecule has 3 aromatic rings. The Labute approximate surface area is 172 Å². The van der Waals surface area contributed by atoms with E-state index in [4.69, 9.17) is 16.1 Å². The van der Waals surface area contributed by atoms with Crippen LogP contribution < -0.4 is 4.90 Å². The van der Waals surface area contributed by atoms with Gasteiger partial charge >= 0.3 is 0 Å². The minimum Gasteiger partial charge on any atom is -0.333 e. The van der Waals surface area contributed by atoms with Gasteiger partial charge in [0, 0.05) is 23.8 Å². The van der Waals surface area contributed by atoms with E-state index in [1.54, 1.807) is 16.2 Å².